The molecule has 6 aromatic carbocycles. The molecule has 0 unspecified atom stereocenters. The van der Waals surface area contributed by atoms with Crippen molar-refractivity contribution in [1.82, 2.24) is 9.55 Å². The highest BCUT2D eigenvalue weighted by Gasteiger charge is 2.28. The van der Waals surface area contributed by atoms with Crippen molar-refractivity contribution in [2.45, 2.75) is 0 Å². The van der Waals surface area contributed by atoms with Crippen LogP contribution in [0.1, 0.15) is 22.3 Å². The highest BCUT2D eigenvalue weighted by Crippen LogP contribution is 2.46. The van der Waals surface area contributed by atoms with Gasteiger partial charge in [-0.2, -0.15) is 0 Å². The minimum absolute atomic E-state index is 0.719. The third-order valence-electron chi connectivity index (χ3n) is 10.2. The Morgan fingerprint density at radius 1 is 0.472 bits per heavy atom. The minimum atomic E-state index is 0.719. The third kappa shape index (κ3) is 5.41. The van der Waals surface area contributed by atoms with Crippen molar-refractivity contribution in [2.75, 3.05) is 16.5 Å². The lowest BCUT2D eigenvalue weighted by Gasteiger charge is -2.24. The van der Waals surface area contributed by atoms with Crippen molar-refractivity contribution in [2.24, 2.45) is 0 Å². The Labute approximate surface area is 312 Å². The molecule has 0 radical (unpaired) electrons. The van der Waals surface area contributed by atoms with E-state index in [0.29, 0.717) is 0 Å². The molecular weight excluding hydrogens is 665 g/mol. The molecule has 0 saturated carbocycles. The number of anilines is 4. The SMILES string of the molecule is c1ccc(C(=C(c2cccc(N3CN(c4ccccc4)c4ccccc43)c2)c2ccc3c4sccc4n(-c4ccccn4)c3c2)c2ccccc2)cc1. The van der Waals surface area contributed by atoms with Crippen LogP contribution in [-0.2, 0) is 0 Å². The van der Waals surface area contributed by atoms with Gasteiger partial charge < -0.3 is 9.80 Å². The Kier molecular flexibility index (Phi) is 7.70. The van der Waals surface area contributed by atoms with Crippen molar-refractivity contribution < 1.29 is 0 Å². The fraction of sp³-hybridized carbons (Fsp3) is 0.0208. The molecule has 0 spiro atoms. The second kappa shape index (κ2) is 13.1. The Bertz CT molecular complexity index is 2710. The van der Waals surface area contributed by atoms with Crippen molar-refractivity contribution in [3.05, 3.63) is 216 Å². The summed E-state index contributed by atoms with van der Waals surface area (Å²) in [6.07, 6.45) is 1.87. The van der Waals surface area contributed by atoms with Crippen LogP contribution in [0.15, 0.2) is 194 Å². The van der Waals surface area contributed by atoms with Crippen LogP contribution in [0.4, 0.5) is 22.7 Å². The first kappa shape index (κ1) is 31.1. The number of hydrogen-bond acceptors (Lipinski definition) is 4. The highest BCUT2D eigenvalue weighted by atomic mass is 32.1. The summed E-state index contributed by atoms with van der Waals surface area (Å²) in [5.41, 5.74) is 14.0. The summed E-state index contributed by atoms with van der Waals surface area (Å²) in [7, 11) is 0. The number of hydrogen-bond donors (Lipinski definition) is 0. The van der Waals surface area contributed by atoms with Crippen molar-refractivity contribution in [3.8, 4) is 5.82 Å². The zero-order valence-corrected chi connectivity index (χ0v) is 29.7. The smallest absolute Gasteiger partial charge is 0.137 e. The summed E-state index contributed by atoms with van der Waals surface area (Å²) in [6, 6.07) is 65.4. The van der Waals surface area contributed by atoms with E-state index in [1.165, 1.54) is 54.9 Å². The van der Waals surface area contributed by atoms with Gasteiger partial charge in [0.15, 0.2) is 0 Å². The predicted octanol–water partition coefficient (Wildman–Crippen LogP) is 12.5. The second-order valence-electron chi connectivity index (χ2n) is 13.2. The molecule has 0 N–H and O–H groups in total. The lowest BCUT2D eigenvalue weighted by atomic mass is 9.85. The molecule has 0 bridgehead atoms. The van der Waals surface area contributed by atoms with Gasteiger partial charge >= 0.3 is 0 Å². The van der Waals surface area contributed by atoms with E-state index >= 15 is 0 Å². The van der Waals surface area contributed by atoms with Gasteiger partial charge in [-0.1, -0.05) is 121 Å². The lowest BCUT2D eigenvalue weighted by Crippen LogP contribution is -2.23. The molecule has 0 atom stereocenters. The fourth-order valence-electron chi connectivity index (χ4n) is 7.82. The predicted molar refractivity (Wildman–Crippen MR) is 223 cm³/mol. The molecule has 0 aliphatic carbocycles. The number of rotatable bonds is 7. The molecule has 252 valence electrons. The van der Waals surface area contributed by atoms with Crippen LogP contribution in [-0.4, -0.2) is 16.2 Å². The lowest BCUT2D eigenvalue weighted by molar-refractivity contribution is 0.991. The zero-order chi connectivity index (χ0) is 35.1. The molecule has 3 aromatic heterocycles. The van der Waals surface area contributed by atoms with Gasteiger partial charge in [-0.3, -0.25) is 4.57 Å². The number of benzene rings is 6. The molecule has 1 aliphatic heterocycles. The van der Waals surface area contributed by atoms with Gasteiger partial charge in [-0.25, -0.2) is 4.98 Å². The van der Waals surface area contributed by atoms with Gasteiger partial charge in [0.2, 0.25) is 0 Å². The standard InChI is InChI=1S/C48H34N4S/c1-4-15-34(16-5-1)46(35-17-6-2-7-18-35)47(37-26-27-40-44(32-37)52(43-28-30-53-48(40)43)45-25-12-13-29-49-45)36-19-14-22-39(31-36)51-33-50(38-20-8-3-9-21-38)41-23-10-11-24-42(41)51/h1-32H,33H2. The summed E-state index contributed by atoms with van der Waals surface area (Å²) in [6.45, 7) is 0.719. The van der Waals surface area contributed by atoms with Crippen LogP contribution in [0, 0.1) is 0 Å². The summed E-state index contributed by atoms with van der Waals surface area (Å²) in [5, 5.41) is 3.40. The van der Waals surface area contributed by atoms with Gasteiger partial charge in [-0.05, 0) is 99.4 Å². The number of para-hydroxylation sites is 3. The Morgan fingerprint density at radius 3 is 1.75 bits per heavy atom. The first-order valence-electron chi connectivity index (χ1n) is 17.9. The van der Waals surface area contributed by atoms with E-state index in [0.717, 1.165) is 34.8 Å². The normalized spacial score (nSPS) is 12.4. The Morgan fingerprint density at radius 2 is 1.06 bits per heavy atom. The molecule has 0 fully saturated rings. The van der Waals surface area contributed by atoms with E-state index in [2.05, 4.69) is 196 Å². The molecule has 5 heteroatoms. The van der Waals surface area contributed by atoms with E-state index in [-0.39, 0.29) is 0 Å². The van der Waals surface area contributed by atoms with Gasteiger partial charge in [0.25, 0.3) is 0 Å². The fourth-order valence-corrected chi connectivity index (χ4v) is 8.73. The monoisotopic (exact) mass is 698 g/mol. The Balaban J connectivity index is 1.22. The van der Waals surface area contributed by atoms with E-state index in [9.17, 15) is 0 Å². The molecule has 4 heterocycles. The van der Waals surface area contributed by atoms with E-state index < -0.39 is 0 Å². The number of pyridine rings is 1. The molecule has 0 saturated heterocycles. The van der Waals surface area contributed by atoms with Gasteiger partial charge in [-0.15, -0.1) is 11.3 Å². The molecule has 10 rings (SSSR count). The van der Waals surface area contributed by atoms with Gasteiger partial charge in [0.05, 0.1) is 27.1 Å². The van der Waals surface area contributed by atoms with E-state index in [1.807, 2.05) is 12.3 Å². The van der Waals surface area contributed by atoms with Crippen LogP contribution < -0.4 is 9.80 Å². The maximum absolute atomic E-state index is 4.81. The molecule has 9 aromatic rings. The maximum Gasteiger partial charge on any atom is 0.137 e. The van der Waals surface area contributed by atoms with Crippen LogP contribution in [0.3, 0.4) is 0 Å². The molecule has 1 aliphatic rings. The largest absolute Gasteiger partial charge is 0.321 e. The summed E-state index contributed by atoms with van der Waals surface area (Å²) in [4.78, 5) is 9.63. The average Bonchev–Trinajstić information content (AvgIpc) is 3.94. The minimum Gasteiger partial charge on any atom is -0.321 e. The molecule has 53 heavy (non-hydrogen) atoms. The molecule has 4 nitrogen and oxygen atoms in total. The van der Waals surface area contributed by atoms with Gasteiger partial charge in [0.1, 0.15) is 12.5 Å². The summed E-state index contributed by atoms with van der Waals surface area (Å²) >= 11 is 1.78. The van der Waals surface area contributed by atoms with E-state index in [4.69, 9.17) is 4.98 Å². The highest BCUT2D eigenvalue weighted by molar-refractivity contribution is 7.18. The zero-order valence-electron chi connectivity index (χ0n) is 28.9. The molecular formula is C48H34N4S. The first-order chi connectivity index (χ1) is 26.3. The first-order valence-corrected chi connectivity index (χ1v) is 18.8. The van der Waals surface area contributed by atoms with Crippen molar-refractivity contribution >= 4 is 66.4 Å². The quantitative estimate of drug-likeness (QED) is 0.155. The van der Waals surface area contributed by atoms with Crippen molar-refractivity contribution in [1.29, 1.82) is 0 Å². The van der Waals surface area contributed by atoms with Crippen molar-refractivity contribution in [3.63, 3.8) is 0 Å². The number of thiophene rings is 1. The van der Waals surface area contributed by atoms with Crippen LogP contribution in [0.5, 0.6) is 0 Å². The van der Waals surface area contributed by atoms with Crippen LogP contribution in [0.2, 0.25) is 0 Å². The number of aromatic nitrogens is 2. The maximum atomic E-state index is 4.81. The van der Waals surface area contributed by atoms with Crippen LogP contribution >= 0.6 is 11.3 Å². The average molecular weight is 699 g/mol. The third-order valence-corrected chi connectivity index (χ3v) is 11.1. The summed E-state index contributed by atoms with van der Waals surface area (Å²) in [5.74, 6) is 0.914. The second-order valence-corrected chi connectivity index (χ2v) is 14.2. The molecule has 0 amide bonds. The summed E-state index contributed by atoms with van der Waals surface area (Å²) < 4.78 is 3.58. The van der Waals surface area contributed by atoms with Crippen LogP contribution in [0.25, 0.3) is 38.1 Å². The number of fused-ring (bicyclic) bond motifs is 4. The topological polar surface area (TPSA) is 24.3 Å². The van der Waals surface area contributed by atoms with E-state index in [1.54, 1.807) is 11.3 Å². The van der Waals surface area contributed by atoms with Gasteiger partial charge in [0, 0.05) is 23.0 Å². The number of nitrogens with zero attached hydrogens (tertiary/aromatic N) is 4. The Hall–Kier alpha value is -6.69.